The van der Waals surface area contributed by atoms with Crippen molar-refractivity contribution in [1.29, 1.82) is 0 Å². The minimum Gasteiger partial charge on any atom is -0.491 e. The molecule has 0 bridgehead atoms. The third-order valence-electron chi connectivity index (χ3n) is 5.22. The van der Waals surface area contributed by atoms with Crippen molar-refractivity contribution in [2.45, 2.75) is 72.4 Å². The predicted octanol–water partition coefficient (Wildman–Crippen LogP) is 6.43. The molecule has 0 spiro atoms. The molecular weight excluding hydrogens is 358 g/mol. The summed E-state index contributed by atoms with van der Waals surface area (Å²) < 4.78 is 5.79. The first-order valence-corrected chi connectivity index (χ1v) is 10.9. The van der Waals surface area contributed by atoms with E-state index in [4.69, 9.17) is 4.74 Å². The van der Waals surface area contributed by atoms with E-state index < -0.39 is 0 Å². The van der Waals surface area contributed by atoms with E-state index in [2.05, 4.69) is 50.2 Å². The summed E-state index contributed by atoms with van der Waals surface area (Å²) in [5.74, 6) is 2.18. The number of rotatable bonds is 11. The lowest BCUT2D eigenvalue weighted by molar-refractivity contribution is -0.129. The average molecular weight is 396 g/mol. The minimum absolute atomic E-state index is 0.136. The van der Waals surface area contributed by atoms with Crippen molar-refractivity contribution in [3.63, 3.8) is 0 Å². The van der Waals surface area contributed by atoms with Crippen LogP contribution in [0.1, 0.15) is 70.9 Å². The molecule has 0 aliphatic carbocycles. The Labute approximate surface area is 177 Å². The minimum atomic E-state index is 0.136. The first-order valence-electron chi connectivity index (χ1n) is 10.9. The monoisotopic (exact) mass is 395 g/mol. The maximum Gasteiger partial charge on any atom is 0.219 e. The van der Waals surface area contributed by atoms with Crippen molar-refractivity contribution in [1.82, 2.24) is 4.90 Å². The van der Waals surface area contributed by atoms with Gasteiger partial charge in [0.1, 0.15) is 5.75 Å². The third-order valence-corrected chi connectivity index (χ3v) is 5.22. The summed E-state index contributed by atoms with van der Waals surface area (Å²) in [4.78, 5) is 14.2. The molecule has 0 N–H and O–H groups in total. The number of carbonyl (C=O) groups is 1. The molecule has 0 radical (unpaired) electrons. The van der Waals surface area contributed by atoms with Gasteiger partial charge in [0, 0.05) is 20.0 Å². The van der Waals surface area contributed by atoms with Gasteiger partial charge in [0.25, 0.3) is 0 Å². The van der Waals surface area contributed by atoms with E-state index in [0.717, 1.165) is 25.1 Å². The standard InChI is InChI=1S/C26H37NO2/c1-20(2)11-12-25(24-13-15-26(16-14-24)29-21(3)4)17-18-27(22(5)28)19-23-9-7-6-8-10-23/h6-10,13-16,20-21,25H,11-12,17-19H2,1-5H3/t25-/m0/s1. The van der Waals surface area contributed by atoms with Crippen molar-refractivity contribution < 1.29 is 9.53 Å². The second-order valence-electron chi connectivity index (χ2n) is 8.62. The molecule has 3 heteroatoms. The van der Waals surface area contributed by atoms with Crippen molar-refractivity contribution in [3.05, 3.63) is 65.7 Å². The number of amides is 1. The van der Waals surface area contributed by atoms with E-state index >= 15 is 0 Å². The van der Waals surface area contributed by atoms with Crippen molar-refractivity contribution in [3.8, 4) is 5.75 Å². The number of ether oxygens (including phenoxy) is 1. The van der Waals surface area contributed by atoms with E-state index in [-0.39, 0.29) is 12.0 Å². The van der Waals surface area contributed by atoms with Crippen molar-refractivity contribution >= 4 is 5.91 Å². The highest BCUT2D eigenvalue weighted by atomic mass is 16.5. The first kappa shape index (κ1) is 23.0. The van der Waals surface area contributed by atoms with Gasteiger partial charge in [0.05, 0.1) is 6.10 Å². The van der Waals surface area contributed by atoms with Gasteiger partial charge >= 0.3 is 0 Å². The van der Waals surface area contributed by atoms with Crippen LogP contribution < -0.4 is 4.74 Å². The zero-order valence-corrected chi connectivity index (χ0v) is 18.7. The fourth-order valence-electron chi connectivity index (χ4n) is 3.57. The summed E-state index contributed by atoms with van der Waals surface area (Å²) >= 11 is 0. The second kappa shape index (κ2) is 11.6. The summed E-state index contributed by atoms with van der Waals surface area (Å²) in [6.45, 7) is 11.8. The van der Waals surface area contributed by atoms with Crippen LogP contribution in [0.25, 0.3) is 0 Å². The van der Waals surface area contributed by atoms with Crippen LogP contribution in [0.15, 0.2) is 54.6 Å². The largest absolute Gasteiger partial charge is 0.491 e. The van der Waals surface area contributed by atoms with E-state index in [1.165, 1.54) is 17.5 Å². The Morgan fingerprint density at radius 3 is 2.10 bits per heavy atom. The third kappa shape index (κ3) is 8.31. The molecule has 0 heterocycles. The smallest absolute Gasteiger partial charge is 0.219 e. The lowest BCUT2D eigenvalue weighted by Gasteiger charge is -2.25. The summed E-state index contributed by atoms with van der Waals surface area (Å²) in [7, 11) is 0. The van der Waals surface area contributed by atoms with Gasteiger partial charge in [-0.3, -0.25) is 4.79 Å². The number of nitrogens with zero attached hydrogens (tertiary/aromatic N) is 1. The Morgan fingerprint density at radius 1 is 0.897 bits per heavy atom. The van der Waals surface area contributed by atoms with Crippen LogP contribution in [-0.2, 0) is 11.3 Å². The fraction of sp³-hybridized carbons (Fsp3) is 0.500. The highest BCUT2D eigenvalue weighted by Crippen LogP contribution is 2.29. The second-order valence-corrected chi connectivity index (χ2v) is 8.62. The highest BCUT2D eigenvalue weighted by Gasteiger charge is 2.17. The van der Waals surface area contributed by atoms with Gasteiger partial charge in [-0.1, -0.05) is 62.7 Å². The topological polar surface area (TPSA) is 29.5 Å². The molecule has 29 heavy (non-hydrogen) atoms. The molecule has 0 aliphatic heterocycles. The SMILES string of the molecule is CC(=O)N(CC[C@H](CCC(C)C)c1ccc(OC(C)C)cc1)Cc1ccccc1. The summed E-state index contributed by atoms with van der Waals surface area (Å²) in [6.07, 6.45) is 3.48. The van der Waals surface area contributed by atoms with Gasteiger partial charge in [-0.2, -0.15) is 0 Å². The van der Waals surface area contributed by atoms with Gasteiger partial charge in [0.15, 0.2) is 0 Å². The predicted molar refractivity (Wildman–Crippen MR) is 121 cm³/mol. The van der Waals surface area contributed by atoms with E-state index in [9.17, 15) is 4.79 Å². The molecule has 2 rings (SSSR count). The number of benzene rings is 2. The Kier molecular flexibility index (Phi) is 9.24. The zero-order valence-electron chi connectivity index (χ0n) is 18.7. The first-order chi connectivity index (χ1) is 13.8. The maximum atomic E-state index is 12.2. The molecule has 158 valence electrons. The maximum absolute atomic E-state index is 12.2. The quantitative estimate of drug-likeness (QED) is 0.438. The molecule has 0 saturated heterocycles. The lowest BCUT2D eigenvalue weighted by Crippen LogP contribution is -2.30. The van der Waals surface area contributed by atoms with Gasteiger partial charge in [0.2, 0.25) is 5.91 Å². The fourth-order valence-corrected chi connectivity index (χ4v) is 3.57. The normalized spacial score (nSPS) is 12.2. The molecule has 2 aromatic rings. The molecule has 0 aromatic heterocycles. The van der Waals surface area contributed by atoms with Gasteiger partial charge in [-0.25, -0.2) is 0 Å². The molecule has 2 aromatic carbocycles. The summed E-state index contributed by atoms with van der Waals surface area (Å²) in [5.41, 5.74) is 2.52. The molecule has 0 aliphatic rings. The average Bonchev–Trinajstić information content (AvgIpc) is 2.68. The molecule has 0 unspecified atom stereocenters. The van der Waals surface area contributed by atoms with E-state index in [1.807, 2.05) is 36.9 Å². The van der Waals surface area contributed by atoms with Crippen LogP contribution >= 0.6 is 0 Å². The Balaban J connectivity index is 2.07. The van der Waals surface area contributed by atoms with Crippen LogP contribution in [0.3, 0.4) is 0 Å². The Morgan fingerprint density at radius 2 is 1.55 bits per heavy atom. The number of hydrogen-bond donors (Lipinski definition) is 0. The van der Waals surface area contributed by atoms with Gasteiger partial charge in [-0.05, 0) is 61.8 Å². The molecule has 1 amide bonds. The molecule has 3 nitrogen and oxygen atoms in total. The van der Waals surface area contributed by atoms with Crippen LogP contribution in [-0.4, -0.2) is 23.5 Å². The lowest BCUT2D eigenvalue weighted by atomic mass is 9.88. The van der Waals surface area contributed by atoms with Crippen LogP contribution in [0.4, 0.5) is 0 Å². The van der Waals surface area contributed by atoms with Gasteiger partial charge in [-0.15, -0.1) is 0 Å². The zero-order chi connectivity index (χ0) is 21.2. The van der Waals surface area contributed by atoms with Crippen LogP contribution in [0, 0.1) is 5.92 Å². The van der Waals surface area contributed by atoms with E-state index in [1.54, 1.807) is 6.92 Å². The Hall–Kier alpha value is -2.29. The van der Waals surface area contributed by atoms with Crippen molar-refractivity contribution in [2.24, 2.45) is 5.92 Å². The molecular formula is C26H37NO2. The van der Waals surface area contributed by atoms with E-state index in [0.29, 0.717) is 18.4 Å². The Bertz CT molecular complexity index is 722. The highest BCUT2D eigenvalue weighted by molar-refractivity contribution is 5.73. The molecule has 0 saturated carbocycles. The molecule has 0 fully saturated rings. The molecule has 1 atom stereocenters. The number of carbonyl (C=O) groups excluding carboxylic acids is 1. The van der Waals surface area contributed by atoms with Gasteiger partial charge < -0.3 is 9.64 Å². The summed E-state index contributed by atoms with van der Waals surface area (Å²) in [5, 5.41) is 0. The van der Waals surface area contributed by atoms with Crippen molar-refractivity contribution in [2.75, 3.05) is 6.54 Å². The van der Waals surface area contributed by atoms with Crippen LogP contribution in [0.5, 0.6) is 5.75 Å². The number of hydrogen-bond acceptors (Lipinski definition) is 2. The summed E-state index contributed by atoms with van der Waals surface area (Å²) in [6, 6.07) is 18.8. The van der Waals surface area contributed by atoms with Crippen LogP contribution in [0.2, 0.25) is 0 Å².